The van der Waals surface area contributed by atoms with Gasteiger partial charge in [0.05, 0.1) is 11.3 Å². The molecule has 2 fully saturated rings. The Morgan fingerprint density at radius 1 is 1.32 bits per heavy atom. The predicted octanol–water partition coefficient (Wildman–Crippen LogP) is 1.86. The Morgan fingerprint density at radius 3 is 2.63 bits per heavy atom. The molecule has 1 amide bonds. The third-order valence-electron chi connectivity index (χ3n) is 4.56. The number of anilines is 2. The zero-order chi connectivity index (χ0) is 13.4. The van der Waals surface area contributed by atoms with Crippen molar-refractivity contribution < 1.29 is 4.79 Å². The summed E-state index contributed by atoms with van der Waals surface area (Å²) in [6, 6.07) is 5.56. The molecule has 0 spiro atoms. The zero-order valence-corrected chi connectivity index (χ0v) is 11.4. The molecule has 1 heterocycles. The fourth-order valence-electron chi connectivity index (χ4n) is 3.57. The smallest absolute Gasteiger partial charge is 0.253 e. The molecule has 0 bridgehead atoms. The van der Waals surface area contributed by atoms with E-state index in [1.165, 1.54) is 19.3 Å². The van der Waals surface area contributed by atoms with E-state index in [0.717, 1.165) is 41.9 Å². The van der Waals surface area contributed by atoms with Crippen LogP contribution in [0.2, 0.25) is 0 Å². The number of hydrogen-bond acceptors (Lipinski definition) is 3. The van der Waals surface area contributed by atoms with Crippen LogP contribution < -0.4 is 16.0 Å². The van der Waals surface area contributed by atoms with Gasteiger partial charge in [0.1, 0.15) is 0 Å². The number of nitrogen functional groups attached to an aromatic ring is 1. The molecule has 2 aliphatic rings. The van der Waals surface area contributed by atoms with Crippen molar-refractivity contribution in [1.82, 2.24) is 5.32 Å². The SMILES string of the molecule is CNC(=O)c1ccc(N)cc1N1CC2CCCC2C1. The van der Waals surface area contributed by atoms with E-state index in [1.807, 2.05) is 12.1 Å². The van der Waals surface area contributed by atoms with E-state index in [-0.39, 0.29) is 5.91 Å². The highest BCUT2D eigenvalue weighted by molar-refractivity contribution is 6.00. The van der Waals surface area contributed by atoms with E-state index < -0.39 is 0 Å². The lowest BCUT2D eigenvalue weighted by atomic mass is 10.0. The van der Waals surface area contributed by atoms with Crippen LogP contribution in [0.1, 0.15) is 29.6 Å². The van der Waals surface area contributed by atoms with Crippen molar-refractivity contribution in [2.24, 2.45) is 11.8 Å². The fraction of sp³-hybridized carbons (Fsp3) is 0.533. The van der Waals surface area contributed by atoms with Crippen LogP contribution in [0.5, 0.6) is 0 Å². The average Bonchev–Trinajstić information content (AvgIpc) is 2.98. The van der Waals surface area contributed by atoms with Crippen LogP contribution in [0, 0.1) is 11.8 Å². The van der Waals surface area contributed by atoms with Gasteiger partial charge < -0.3 is 16.0 Å². The molecule has 0 radical (unpaired) electrons. The van der Waals surface area contributed by atoms with Crippen molar-refractivity contribution in [2.75, 3.05) is 30.8 Å². The lowest BCUT2D eigenvalue weighted by Gasteiger charge is -2.22. The highest BCUT2D eigenvalue weighted by Crippen LogP contribution is 2.40. The first-order chi connectivity index (χ1) is 9.19. The van der Waals surface area contributed by atoms with Crippen molar-refractivity contribution >= 4 is 17.3 Å². The number of hydrogen-bond donors (Lipinski definition) is 2. The number of amides is 1. The van der Waals surface area contributed by atoms with E-state index in [4.69, 9.17) is 5.73 Å². The fourth-order valence-corrected chi connectivity index (χ4v) is 3.57. The molecule has 0 aromatic heterocycles. The maximum absolute atomic E-state index is 12.0. The van der Waals surface area contributed by atoms with Gasteiger partial charge in [-0.05, 0) is 42.9 Å². The molecule has 1 aromatic rings. The summed E-state index contributed by atoms with van der Waals surface area (Å²) in [5, 5.41) is 2.71. The maximum atomic E-state index is 12.0. The Labute approximate surface area is 114 Å². The van der Waals surface area contributed by atoms with Crippen LogP contribution in [-0.2, 0) is 0 Å². The molecule has 4 heteroatoms. The third kappa shape index (κ3) is 2.15. The summed E-state index contributed by atoms with van der Waals surface area (Å²) < 4.78 is 0. The van der Waals surface area contributed by atoms with Gasteiger partial charge in [-0.15, -0.1) is 0 Å². The number of carbonyl (C=O) groups excluding carboxylic acids is 1. The Morgan fingerprint density at radius 2 is 2.00 bits per heavy atom. The lowest BCUT2D eigenvalue weighted by Crippen LogP contribution is -2.26. The van der Waals surface area contributed by atoms with Crippen LogP contribution >= 0.6 is 0 Å². The number of rotatable bonds is 2. The second kappa shape index (κ2) is 4.76. The second-order valence-corrected chi connectivity index (χ2v) is 5.71. The number of fused-ring (bicyclic) bond motifs is 1. The molecule has 2 atom stereocenters. The topological polar surface area (TPSA) is 58.4 Å². The first-order valence-corrected chi connectivity index (χ1v) is 7.05. The molecule has 1 aromatic carbocycles. The molecule has 19 heavy (non-hydrogen) atoms. The minimum atomic E-state index is -0.0351. The van der Waals surface area contributed by atoms with Crippen molar-refractivity contribution in [3.8, 4) is 0 Å². The van der Waals surface area contributed by atoms with Gasteiger partial charge in [0.2, 0.25) is 0 Å². The number of nitrogens with one attached hydrogen (secondary N) is 1. The zero-order valence-electron chi connectivity index (χ0n) is 11.4. The summed E-state index contributed by atoms with van der Waals surface area (Å²) in [6.07, 6.45) is 4.03. The van der Waals surface area contributed by atoms with Gasteiger partial charge in [-0.3, -0.25) is 4.79 Å². The highest BCUT2D eigenvalue weighted by atomic mass is 16.1. The van der Waals surface area contributed by atoms with Crippen LogP contribution in [0.15, 0.2) is 18.2 Å². The molecule has 1 saturated heterocycles. The van der Waals surface area contributed by atoms with Crippen LogP contribution in [0.25, 0.3) is 0 Å². The van der Waals surface area contributed by atoms with Crippen LogP contribution in [-0.4, -0.2) is 26.0 Å². The molecule has 1 saturated carbocycles. The summed E-state index contributed by atoms with van der Waals surface area (Å²) in [6.45, 7) is 2.14. The summed E-state index contributed by atoms with van der Waals surface area (Å²) >= 11 is 0. The van der Waals surface area contributed by atoms with Gasteiger partial charge in [0, 0.05) is 25.8 Å². The molecule has 1 aliphatic heterocycles. The quantitative estimate of drug-likeness (QED) is 0.797. The van der Waals surface area contributed by atoms with E-state index >= 15 is 0 Å². The molecule has 3 rings (SSSR count). The van der Waals surface area contributed by atoms with Crippen LogP contribution in [0.3, 0.4) is 0 Å². The van der Waals surface area contributed by atoms with E-state index in [2.05, 4.69) is 10.2 Å². The van der Waals surface area contributed by atoms with Crippen molar-refractivity contribution in [1.29, 1.82) is 0 Å². The van der Waals surface area contributed by atoms with Gasteiger partial charge in [-0.2, -0.15) is 0 Å². The largest absolute Gasteiger partial charge is 0.399 e. The van der Waals surface area contributed by atoms with Crippen LogP contribution in [0.4, 0.5) is 11.4 Å². The molecule has 1 aliphatic carbocycles. The van der Waals surface area contributed by atoms with Gasteiger partial charge in [-0.1, -0.05) is 6.42 Å². The number of benzene rings is 1. The monoisotopic (exact) mass is 259 g/mol. The standard InChI is InChI=1S/C15H21N3O/c1-17-15(19)13-6-5-12(16)7-14(13)18-8-10-3-2-4-11(10)9-18/h5-7,10-11H,2-4,8-9,16H2,1H3,(H,17,19). The minimum Gasteiger partial charge on any atom is -0.399 e. The van der Waals surface area contributed by atoms with E-state index in [0.29, 0.717) is 0 Å². The van der Waals surface area contributed by atoms with Crippen molar-refractivity contribution in [2.45, 2.75) is 19.3 Å². The number of nitrogens with zero attached hydrogens (tertiary/aromatic N) is 1. The summed E-state index contributed by atoms with van der Waals surface area (Å²) in [7, 11) is 1.67. The first-order valence-electron chi connectivity index (χ1n) is 7.05. The summed E-state index contributed by atoms with van der Waals surface area (Å²) in [4.78, 5) is 14.3. The molecule has 4 nitrogen and oxygen atoms in total. The van der Waals surface area contributed by atoms with E-state index in [1.54, 1.807) is 13.1 Å². The first kappa shape index (κ1) is 12.3. The minimum absolute atomic E-state index is 0.0351. The number of nitrogens with two attached hydrogens (primary N) is 1. The summed E-state index contributed by atoms with van der Waals surface area (Å²) in [5.41, 5.74) is 8.34. The second-order valence-electron chi connectivity index (χ2n) is 5.71. The Bertz CT molecular complexity index is 488. The molecule has 102 valence electrons. The Balaban J connectivity index is 1.91. The average molecular weight is 259 g/mol. The van der Waals surface area contributed by atoms with Gasteiger partial charge in [0.25, 0.3) is 5.91 Å². The van der Waals surface area contributed by atoms with Crippen molar-refractivity contribution in [3.63, 3.8) is 0 Å². The maximum Gasteiger partial charge on any atom is 0.253 e. The molecule has 3 N–H and O–H groups in total. The van der Waals surface area contributed by atoms with Gasteiger partial charge in [0.15, 0.2) is 0 Å². The highest BCUT2D eigenvalue weighted by Gasteiger charge is 2.37. The normalized spacial score (nSPS) is 25.4. The third-order valence-corrected chi connectivity index (χ3v) is 4.56. The summed E-state index contributed by atoms with van der Waals surface area (Å²) in [5.74, 6) is 1.57. The molecular formula is C15H21N3O. The Hall–Kier alpha value is -1.71. The molecule has 2 unspecified atom stereocenters. The van der Waals surface area contributed by atoms with Crippen molar-refractivity contribution in [3.05, 3.63) is 23.8 Å². The number of carbonyl (C=O) groups is 1. The molecular weight excluding hydrogens is 238 g/mol. The Kier molecular flexibility index (Phi) is 3.09. The van der Waals surface area contributed by atoms with Gasteiger partial charge in [-0.25, -0.2) is 0 Å². The van der Waals surface area contributed by atoms with Gasteiger partial charge >= 0.3 is 0 Å². The van der Waals surface area contributed by atoms with E-state index in [9.17, 15) is 4.79 Å². The lowest BCUT2D eigenvalue weighted by molar-refractivity contribution is 0.0963. The predicted molar refractivity (Wildman–Crippen MR) is 77.3 cm³/mol.